The molecule has 4 rings (SSSR count). The van der Waals surface area contributed by atoms with Crippen LogP contribution in [0.1, 0.15) is 27.5 Å². The molecule has 1 aliphatic rings. The minimum absolute atomic E-state index is 0.0308. The SMILES string of the molecule is O=C(c1ccc(F)cc1F)N1CCN([C@H](c2ccccc2)c2ccc(Cl)cc2)CC1. The average Bonchev–Trinajstić information content (AvgIpc) is 2.76. The average molecular weight is 427 g/mol. The molecule has 3 nitrogen and oxygen atoms in total. The highest BCUT2D eigenvalue weighted by atomic mass is 35.5. The van der Waals surface area contributed by atoms with E-state index in [2.05, 4.69) is 17.0 Å². The van der Waals surface area contributed by atoms with E-state index in [1.165, 1.54) is 6.07 Å². The quantitative estimate of drug-likeness (QED) is 0.575. The number of nitrogens with zero attached hydrogens (tertiary/aromatic N) is 2. The summed E-state index contributed by atoms with van der Waals surface area (Å²) in [5.41, 5.74) is 2.18. The number of halogens is 3. The predicted molar refractivity (Wildman–Crippen MR) is 114 cm³/mol. The molecule has 0 aliphatic carbocycles. The maximum atomic E-state index is 14.0. The maximum absolute atomic E-state index is 14.0. The molecular weight excluding hydrogens is 406 g/mol. The van der Waals surface area contributed by atoms with Crippen LogP contribution in [-0.4, -0.2) is 41.9 Å². The smallest absolute Gasteiger partial charge is 0.256 e. The zero-order valence-corrected chi connectivity index (χ0v) is 17.0. The molecule has 0 radical (unpaired) electrons. The van der Waals surface area contributed by atoms with E-state index in [0.717, 1.165) is 23.3 Å². The van der Waals surface area contributed by atoms with E-state index in [9.17, 15) is 13.6 Å². The molecule has 0 saturated carbocycles. The van der Waals surface area contributed by atoms with Gasteiger partial charge in [-0.1, -0.05) is 54.1 Å². The normalized spacial score (nSPS) is 15.8. The summed E-state index contributed by atoms with van der Waals surface area (Å²) < 4.78 is 27.2. The minimum atomic E-state index is -0.828. The number of benzene rings is 3. The van der Waals surface area contributed by atoms with Gasteiger partial charge in [0.05, 0.1) is 11.6 Å². The Balaban J connectivity index is 1.53. The summed E-state index contributed by atoms with van der Waals surface area (Å²) in [6.45, 7) is 2.20. The van der Waals surface area contributed by atoms with Crippen LogP contribution in [0.15, 0.2) is 72.8 Å². The largest absolute Gasteiger partial charge is 0.336 e. The van der Waals surface area contributed by atoms with E-state index in [0.29, 0.717) is 31.2 Å². The highest BCUT2D eigenvalue weighted by Gasteiger charge is 2.29. The number of carbonyl (C=O) groups excluding carboxylic acids is 1. The lowest BCUT2D eigenvalue weighted by atomic mass is 9.96. The lowest BCUT2D eigenvalue weighted by Gasteiger charge is -2.39. The van der Waals surface area contributed by atoms with Crippen molar-refractivity contribution >= 4 is 17.5 Å². The molecule has 0 unspecified atom stereocenters. The van der Waals surface area contributed by atoms with Crippen molar-refractivity contribution in [1.82, 2.24) is 9.80 Å². The molecule has 1 fully saturated rings. The first-order valence-corrected chi connectivity index (χ1v) is 10.2. The Bertz CT molecular complexity index is 1020. The topological polar surface area (TPSA) is 23.6 Å². The Labute approximate surface area is 179 Å². The van der Waals surface area contributed by atoms with Crippen molar-refractivity contribution in [2.24, 2.45) is 0 Å². The van der Waals surface area contributed by atoms with Crippen LogP contribution >= 0.6 is 11.6 Å². The molecular formula is C24H21ClF2N2O. The zero-order chi connectivity index (χ0) is 21.1. The van der Waals surface area contributed by atoms with Gasteiger partial charge in [0.15, 0.2) is 0 Å². The highest BCUT2D eigenvalue weighted by Crippen LogP contribution is 2.30. The van der Waals surface area contributed by atoms with Gasteiger partial charge in [0, 0.05) is 37.3 Å². The van der Waals surface area contributed by atoms with Crippen molar-refractivity contribution in [2.75, 3.05) is 26.2 Å². The van der Waals surface area contributed by atoms with E-state index < -0.39 is 17.5 Å². The van der Waals surface area contributed by atoms with Gasteiger partial charge in [-0.05, 0) is 35.4 Å². The molecule has 3 aromatic rings. The third kappa shape index (κ3) is 4.37. The zero-order valence-electron chi connectivity index (χ0n) is 16.3. The lowest BCUT2D eigenvalue weighted by Crippen LogP contribution is -2.50. The Morgan fingerprint density at radius 3 is 2.10 bits per heavy atom. The number of hydrogen-bond acceptors (Lipinski definition) is 2. The van der Waals surface area contributed by atoms with Gasteiger partial charge < -0.3 is 4.90 Å². The number of carbonyl (C=O) groups is 1. The van der Waals surface area contributed by atoms with Crippen LogP contribution in [0.2, 0.25) is 5.02 Å². The number of rotatable bonds is 4. The molecule has 0 spiro atoms. The fourth-order valence-corrected chi connectivity index (χ4v) is 4.04. The fourth-order valence-electron chi connectivity index (χ4n) is 3.91. The van der Waals surface area contributed by atoms with Gasteiger partial charge in [0.2, 0.25) is 0 Å². The van der Waals surface area contributed by atoms with Gasteiger partial charge in [-0.25, -0.2) is 8.78 Å². The Morgan fingerprint density at radius 2 is 1.47 bits per heavy atom. The van der Waals surface area contributed by atoms with Gasteiger partial charge in [-0.3, -0.25) is 9.69 Å². The van der Waals surface area contributed by atoms with Crippen LogP contribution in [0.25, 0.3) is 0 Å². The van der Waals surface area contributed by atoms with Crippen molar-refractivity contribution in [2.45, 2.75) is 6.04 Å². The Hall–Kier alpha value is -2.76. The van der Waals surface area contributed by atoms with Crippen LogP contribution in [0, 0.1) is 11.6 Å². The summed E-state index contributed by atoms with van der Waals surface area (Å²) in [6.07, 6.45) is 0. The van der Waals surface area contributed by atoms with E-state index in [1.54, 1.807) is 4.90 Å². The second-order valence-corrected chi connectivity index (χ2v) is 7.75. The van der Waals surface area contributed by atoms with Crippen molar-refractivity contribution in [3.8, 4) is 0 Å². The van der Waals surface area contributed by atoms with Crippen molar-refractivity contribution in [3.05, 3.63) is 106 Å². The van der Waals surface area contributed by atoms with E-state index in [4.69, 9.17) is 11.6 Å². The van der Waals surface area contributed by atoms with Gasteiger partial charge in [0.1, 0.15) is 11.6 Å². The molecule has 3 aromatic carbocycles. The van der Waals surface area contributed by atoms with Gasteiger partial charge in [-0.2, -0.15) is 0 Å². The molecule has 1 heterocycles. The standard InChI is InChI=1S/C24H21ClF2N2O/c25-19-8-6-18(7-9-19)23(17-4-2-1-3-5-17)28-12-14-29(15-13-28)24(30)21-11-10-20(26)16-22(21)27/h1-11,16,23H,12-15H2/t23-/m1/s1. The molecule has 0 aromatic heterocycles. The first-order valence-electron chi connectivity index (χ1n) is 9.82. The van der Waals surface area contributed by atoms with E-state index >= 15 is 0 Å². The summed E-state index contributed by atoms with van der Waals surface area (Å²) in [5.74, 6) is -1.93. The molecule has 1 saturated heterocycles. The van der Waals surface area contributed by atoms with Gasteiger partial charge in [-0.15, -0.1) is 0 Å². The Kier molecular flexibility index (Phi) is 6.11. The predicted octanol–water partition coefficient (Wildman–Crippen LogP) is 5.17. The first-order chi connectivity index (χ1) is 14.5. The van der Waals surface area contributed by atoms with Crippen LogP contribution in [0.5, 0.6) is 0 Å². The molecule has 6 heteroatoms. The fraction of sp³-hybridized carbons (Fsp3) is 0.208. The molecule has 0 N–H and O–H groups in total. The molecule has 1 atom stereocenters. The minimum Gasteiger partial charge on any atom is -0.336 e. The first kappa shape index (κ1) is 20.5. The highest BCUT2D eigenvalue weighted by molar-refractivity contribution is 6.30. The number of amides is 1. The van der Waals surface area contributed by atoms with E-state index in [1.807, 2.05) is 42.5 Å². The lowest BCUT2D eigenvalue weighted by molar-refractivity contribution is 0.0593. The van der Waals surface area contributed by atoms with Crippen molar-refractivity contribution in [1.29, 1.82) is 0 Å². The van der Waals surface area contributed by atoms with Crippen molar-refractivity contribution < 1.29 is 13.6 Å². The summed E-state index contributed by atoms with van der Waals surface area (Å²) in [5, 5.41) is 0.683. The van der Waals surface area contributed by atoms with Crippen LogP contribution in [0.3, 0.4) is 0 Å². The Morgan fingerprint density at radius 1 is 0.833 bits per heavy atom. The molecule has 1 aliphatic heterocycles. The van der Waals surface area contributed by atoms with Crippen LogP contribution < -0.4 is 0 Å². The molecule has 1 amide bonds. The second-order valence-electron chi connectivity index (χ2n) is 7.32. The molecule has 30 heavy (non-hydrogen) atoms. The third-order valence-electron chi connectivity index (χ3n) is 5.43. The summed E-state index contributed by atoms with van der Waals surface area (Å²) >= 11 is 6.07. The van der Waals surface area contributed by atoms with Gasteiger partial charge in [0.25, 0.3) is 5.91 Å². The number of piperazine rings is 1. The monoisotopic (exact) mass is 426 g/mol. The molecule has 154 valence electrons. The van der Waals surface area contributed by atoms with E-state index in [-0.39, 0.29) is 11.6 Å². The summed E-state index contributed by atoms with van der Waals surface area (Å²) in [4.78, 5) is 16.6. The maximum Gasteiger partial charge on any atom is 0.256 e. The molecule has 0 bridgehead atoms. The summed E-state index contributed by atoms with van der Waals surface area (Å²) in [7, 11) is 0. The third-order valence-corrected chi connectivity index (χ3v) is 5.68. The summed E-state index contributed by atoms with van der Waals surface area (Å²) in [6, 6.07) is 21.1. The van der Waals surface area contributed by atoms with Crippen LogP contribution in [-0.2, 0) is 0 Å². The number of hydrogen-bond donors (Lipinski definition) is 0. The van der Waals surface area contributed by atoms with Crippen LogP contribution in [0.4, 0.5) is 8.78 Å². The van der Waals surface area contributed by atoms with Crippen molar-refractivity contribution in [3.63, 3.8) is 0 Å². The van der Waals surface area contributed by atoms with Gasteiger partial charge >= 0.3 is 0 Å². The second kappa shape index (κ2) is 8.94.